The second kappa shape index (κ2) is 8.55. The molecule has 2 aromatic heterocycles. The van der Waals surface area contributed by atoms with Crippen molar-refractivity contribution in [2.75, 3.05) is 31.9 Å². The van der Waals surface area contributed by atoms with E-state index in [0.29, 0.717) is 23.4 Å². The highest BCUT2D eigenvalue weighted by atomic mass is 32.2. The highest BCUT2D eigenvalue weighted by Gasteiger charge is 2.29. The maximum Gasteiger partial charge on any atom is 0.259 e. The smallest absolute Gasteiger partial charge is 0.259 e. The lowest BCUT2D eigenvalue weighted by Gasteiger charge is -2.26. The molecule has 3 heterocycles. The number of likely N-dealkylation sites (N-methyl/N-ethyl adjacent to an activating group) is 1. The maximum absolute atomic E-state index is 12.6. The molecular weight excluding hydrogens is 392 g/mol. The first-order valence-electron chi connectivity index (χ1n) is 10.2. The number of aryl methyl sites for hydroxylation is 2. The molecule has 0 unspecified atom stereocenters. The zero-order chi connectivity index (χ0) is 19.7. The molecule has 28 heavy (non-hydrogen) atoms. The van der Waals surface area contributed by atoms with Gasteiger partial charge in [0.25, 0.3) is 5.56 Å². The van der Waals surface area contributed by atoms with Crippen molar-refractivity contribution in [2.24, 2.45) is 0 Å². The van der Waals surface area contributed by atoms with Gasteiger partial charge in [0, 0.05) is 24.0 Å². The van der Waals surface area contributed by atoms with Crippen LogP contribution in [0.25, 0.3) is 10.2 Å². The van der Waals surface area contributed by atoms with Crippen LogP contribution in [-0.2, 0) is 23.4 Å². The summed E-state index contributed by atoms with van der Waals surface area (Å²) in [5, 5.41) is 0.793. The fourth-order valence-corrected chi connectivity index (χ4v) is 6.52. The normalized spacial score (nSPS) is 19.1. The van der Waals surface area contributed by atoms with E-state index in [4.69, 9.17) is 0 Å². The van der Waals surface area contributed by atoms with Gasteiger partial charge < -0.3 is 9.88 Å². The van der Waals surface area contributed by atoms with E-state index in [1.807, 2.05) is 4.90 Å². The number of rotatable bonds is 7. The summed E-state index contributed by atoms with van der Waals surface area (Å²) in [6, 6.07) is 0.491. The molecule has 1 aliphatic heterocycles. The lowest BCUT2D eigenvalue weighted by atomic mass is 10.2. The Labute approximate surface area is 173 Å². The number of thiophene rings is 1. The predicted octanol–water partition coefficient (Wildman–Crippen LogP) is 2.65. The number of nitrogens with zero attached hydrogens (tertiary/aromatic N) is 3. The highest BCUT2D eigenvalue weighted by Crippen LogP contribution is 2.34. The molecule has 0 saturated carbocycles. The predicted molar refractivity (Wildman–Crippen MR) is 116 cm³/mol. The van der Waals surface area contributed by atoms with Gasteiger partial charge in [-0.05, 0) is 44.3 Å². The van der Waals surface area contributed by atoms with Gasteiger partial charge in [-0.1, -0.05) is 13.8 Å². The molecule has 1 fully saturated rings. The summed E-state index contributed by atoms with van der Waals surface area (Å²) in [7, 11) is 0. The Bertz CT molecular complexity index is 919. The number of hydrogen-bond donors (Lipinski definition) is 1. The van der Waals surface area contributed by atoms with Gasteiger partial charge in [-0.15, -0.1) is 23.1 Å². The molecule has 1 N–H and O–H groups in total. The Morgan fingerprint density at radius 3 is 2.96 bits per heavy atom. The summed E-state index contributed by atoms with van der Waals surface area (Å²) >= 11 is 3.20. The monoisotopic (exact) mass is 420 g/mol. The van der Waals surface area contributed by atoms with Crippen LogP contribution < -0.4 is 5.56 Å². The molecular formula is C20H28N4O2S2. The number of nitrogens with one attached hydrogen (secondary N) is 1. The number of aromatic nitrogens is 2. The number of hydrogen-bond acceptors (Lipinski definition) is 6. The van der Waals surface area contributed by atoms with E-state index in [1.165, 1.54) is 22.2 Å². The molecule has 6 nitrogen and oxygen atoms in total. The van der Waals surface area contributed by atoms with Gasteiger partial charge in [0.1, 0.15) is 10.7 Å². The minimum absolute atomic E-state index is 0.0204. The summed E-state index contributed by atoms with van der Waals surface area (Å²) in [5.41, 5.74) is 1.19. The SMILES string of the molecule is CCN(CC)[C@H]1CCN(C(=O)CSCc2nc3sc4c(c3c(=O)[nH]2)CCC4)C1. The van der Waals surface area contributed by atoms with Crippen molar-refractivity contribution in [1.29, 1.82) is 0 Å². The van der Waals surface area contributed by atoms with E-state index >= 15 is 0 Å². The van der Waals surface area contributed by atoms with Gasteiger partial charge in [-0.2, -0.15) is 0 Å². The number of thioether (sulfide) groups is 1. The second-order valence-electron chi connectivity index (χ2n) is 7.55. The van der Waals surface area contributed by atoms with Crippen molar-refractivity contribution in [3.8, 4) is 0 Å². The van der Waals surface area contributed by atoms with Gasteiger partial charge in [0.15, 0.2) is 0 Å². The van der Waals surface area contributed by atoms with Crippen LogP contribution >= 0.6 is 23.1 Å². The zero-order valence-corrected chi connectivity index (χ0v) is 18.3. The Balaban J connectivity index is 1.33. The highest BCUT2D eigenvalue weighted by molar-refractivity contribution is 7.99. The summed E-state index contributed by atoms with van der Waals surface area (Å²) < 4.78 is 0. The van der Waals surface area contributed by atoms with Crippen LogP contribution in [0.2, 0.25) is 0 Å². The third-order valence-corrected chi connectivity index (χ3v) is 8.05. The average molecular weight is 421 g/mol. The van der Waals surface area contributed by atoms with E-state index in [1.54, 1.807) is 11.3 Å². The van der Waals surface area contributed by atoms with Crippen molar-refractivity contribution in [3.63, 3.8) is 0 Å². The molecule has 0 spiro atoms. The van der Waals surface area contributed by atoms with Crippen LogP contribution in [0.1, 0.15) is 43.0 Å². The summed E-state index contributed by atoms with van der Waals surface area (Å²) in [6.07, 6.45) is 4.26. The van der Waals surface area contributed by atoms with Crippen LogP contribution in [0.15, 0.2) is 4.79 Å². The van der Waals surface area contributed by atoms with Gasteiger partial charge >= 0.3 is 0 Å². The number of likely N-dealkylation sites (tertiary alicyclic amines) is 1. The lowest BCUT2D eigenvalue weighted by Crippen LogP contribution is -2.39. The van der Waals surface area contributed by atoms with Gasteiger partial charge in [-0.25, -0.2) is 4.98 Å². The van der Waals surface area contributed by atoms with Crippen molar-refractivity contribution in [1.82, 2.24) is 19.8 Å². The number of carbonyl (C=O) groups is 1. The molecule has 1 atom stereocenters. The number of H-pyrrole nitrogens is 1. The summed E-state index contributed by atoms with van der Waals surface area (Å²) in [6.45, 7) is 8.11. The van der Waals surface area contributed by atoms with Crippen molar-refractivity contribution >= 4 is 39.2 Å². The van der Waals surface area contributed by atoms with Crippen molar-refractivity contribution in [2.45, 2.75) is 51.3 Å². The number of carbonyl (C=O) groups excluding carboxylic acids is 1. The Kier molecular flexibility index (Phi) is 6.08. The maximum atomic E-state index is 12.6. The van der Waals surface area contributed by atoms with Crippen LogP contribution in [0, 0.1) is 0 Å². The molecule has 152 valence electrons. The van der Waals surface area contributed by atoms with E-state index < -0.39 is 0 Å². The molecule has 0 aromatic carbocycles. The van der Waals surface area contributed by atoms with E-state index in [2.05, 4.69) is 28.7 Å². The van der Waals surface area contributed by atoms with Crippen molar-refractivity contribution < 1.29 is 4.79 Å². The number of amides is 1. The first-order chi connectivity index (χ1) is 13.6. The fraction of sp³-hybridized carbons (Fsp3) is 0.650. The number of fused-ring (bicyclic) bond motifs is 3. The molecule has 4 rings (SSSR count). The number of aromatic amines is 1. The summed E-state index contributed by atoms with van der Waals surface area (Å²) in [4.78, 5) is 39.3. The van der Waals surface area contributed by atoms with Gasteiger partial charge in [-0.3, -0.25) is 14.5 Å². The van der Waals surface area contributed by atoms with E-state index in [0.717, 1.165) is 62.1 Å². The molecule has 0 bridgehead atoms. The topological polar surface area (TPSA) is 69.3 Å². The fourth-order valence-electron chi connectivity index (χ4n) is 4.45. The average Bonchev–Trinajstić information content (AvgIpc) is 3.38. The molecule has 0 radical (unpaired) electrons. The third kappa shape index (κ3) is 3.86. The van der Waals surface area contributed by atoms with E-state index in [9.17, 15) is 9.59 Å². The second-order valence-corrected chi connectivity index (χ2v) is 9.62. The van der Waals surface area contributed by atoms with Crippen LogP contribution in [0.3, 0.4) is 0 Å². The van der Waals surface area contributed by atoms with Crippen LogP contribution in [0.4, 0.5) is 0 Å². The molecule has 1 aliphatic carbocycles. The van der Waals surface area contributed by atoms with E-state index in [-0.39, 0.29) is 11.5 Å². The van der Waals surface area contributed by atoms with Crippen molar-refractivity contribution in [3.05, 3.63) is 26.6 Å². The standard InChI is InChI=1S/C20H28N4O2S2/c1-3-23(4-2)13-8-9-24(10-13)17(25)12-27-11-16-21-19(26)18-14-6-5-7-15(14)28-20(18)22-16/h13H,3-12H2,1-2H3,(H,21,22,26)/t13-/m0/s1. The molecule has 8 heteroatoms. The van der Waals surface area contributed by atoms with Gasteiger partial charge in [0.05, 0.1) is 16.9 Å². The largest absolute Gasteiger partial charge is 0.340 e. The molecule has 2 aromatic rings. The molecule has 1 amide bonds. The zero-order valence-electron chi connectivity index (χ0n) is 16.6. The summed E-state index contributed by atoms with van der Waals surface area (Å²) in [5.74, 6) is 1.87. The van der Waals surface area contributed by atoms with Crippen LogP contribution in [0.5, 0.6) is 0 Å². The Morgan fingerprint density at radius 2 is 2.18 bits per heavy atom. The molecule has 2 aliphatic rings. The lowest BCUT2D eigenvalue weighted by molar-refractivity contribution is -0.127. The minimum Gasteiger partial charge on any atom is -0.340 e. The quantitative estimate of drug-likeness (QED) is 0.746. The Hall–Kier alpha value is -1.38. The minimum atomic E-state index is -0.0204. The van der Waals surface area contributed by atoms with Gasteiger partial charge in [0.2, 0.25) is 5.91 Å². The third-order valence-electron chi connectivity index (χ3n) is 5.93. The Morgan fingerprint density at radius 1 is 1.36 bits per heavy atom. The first-order valence-corrected chi connectivity index (χ1v) is 12.2. The molecule has 1 saturated heterocycles. The van der Waals surface area contributed by atoms with Crippen LogP contribution in [-0.4, -0.2) is 63.6 Å². The first kappa shape index (κ1) is 19.9.